The Morgan fingerprint density at radius 1 is 0.706 bits per heavy atom. The fraction of sp³-hybridized carbons (Fsp3) is 0.884. The molecule has 1 heterocycles. The summed E-state index contributed by atoms with van der Waals surface area (Å²) in [6.45, 7) is 7.11. The molecule has 0 aliphatic heterocycles. The molecule has 1 aromatic heterocycles. The topological polar surface area (TPSA) is 73.7 Å². The molecule has 0 spiro atoms. The van der Waals surface area contributed by atoms with Gasteiger partial charge in [-0.25, -0.2) is 4.98 Å². The van der Waals surface area contributed by atoms with Crippen LogP contribution in [0.1, 0.15) is 180 Å². The molecule has 3 aliphatic carbocycles. The van der Waals surface area contributed by atoms with Gasteiger partial charge >= 0.3 is 11.9 Å². The summed E-state index contributed by atoms with van der Waals surface area (Å²) >= 11 is 1.92. The van der Waals surface area contributed by atoms with Crippen molar-refractivity contribution >= 4 is 23.7 Å². The van der Waals surface area contributed by atoms with E-state index in [4.69, 9.17) is 9.47 Å². The number of nitrogens with zero attached hydrogens (tertiary/aromatic N) is 3. The first kappa shape index (κ1) is 43.9. The molecule has 0 radical (unpaired) electrons. The van der Waals surface area contributed by atoms with Gasteiger partial charge < -0.3 is 18.9 Å². The Bertz CT molecular complexity index is 968. The zero-order chi connectivity index (χ0) is 36.1. The van der Waals surface area contributed by atoms with E-state index in [-0.39, 0.29) is 17.4 Å². The van der Waals surface area contributed by atoms with Gasteiger partial charge in [-0.3, -0.25) is 9.59 Å². The number of esters is 2. The third kappa shape index (κ3) is 21.7. The lowest BCUT2D eigenvalue weighted by molar-refractivity contribution is -0.148. The van der Waals surface area contributed by atoms with E-state index < -0.39 is 0 Å². The Balaban J connectivity index is 1.14. The third-order valence-corrected chi connectivity index (χ3v) is 12.6. The number of rotatable bonds is 34. The molecular formula is C43H77N3O4S. The van der Waals surface area contributed by atoms with Crippen LogP contribution in [-0.4, -0.2) is 70.7 Å². The minimum atomic E-state index is -0.0629. The summed E-state index contributed by atoms with van der Waals surface area (Å²) in [5, 5.41) is 0. The zero-order valence-corrected chi connectivity index (χ0v) is 33.8. The van der Waals surface area contributed by atoms with Crippen molar-refractivity contribution in [1.29, 1.82) is 0 Å². The number of ether oxygens (including phenoxy) is 2. The molecule has 0 saturated heterocycles. The van der Waals surface area contributed by atoms with E-state index in [0.717, 1.165) is 63.5 Å². The Kier molecular flexibility index (Phi) is 24.9. The summed E-state index contributed by atoms with van der Waals surface area (Å²) in [7, 11) is 0. The molecule has 3 saturated carbocycles. The van der Waals surface area contributed by atoms with Gasteiger partial charge in [0.05, 0.1) is 25.8 Å². The maximum Gasteiger partial charge on any atom is 0.307 e. The van der Waals surface area contributed by atoms with Crippen molar-refractivity contribution in [3.8, 4) is 0 Å². The number of hydrogen-bond donors (Lipinski definition) is 0. The van der Waals surface area contributed by atoms with Crippen LogP contribution in [0.2, 0.25) is 0 Å². The van der Waals surface area contributed by atoms with Gasteiger partial charge in [-0.15, -0.1) is 0 Å². The van der Waals surface area contributed by atoms with Crippen LogP contribution in [0, 0.1) is 11.3 Å². The van der Waals surface area contributed by atoms with Crippen molar-refractivity contribution in [3.05, 3.63) is 18.7 Å². The van der Waals surface area contributed by atoms with E-state index in [9.17, 15) is 9.59 Å². The summed E-state index contributed by atoms with van der Waals surface area (Å²) in [5.74, 6) is 2.99. The largest absolute Gasteiger partial charge is 0.466 e. The highest BCUT2D eigenvalue weighted by atomic mass is 32.2. The molecule has 3 fully saturated rings. The number of aromatic nitrogens is 2. The number of aryl methyl sites for hydroxylation is 1. The van der Waals surface area contributed by atoms with Crippen LogP contribution in [0.15, 0.2) is 18.7 Å². The first-order chi connectivity index (χ1) is 25.1. The summed E-state index contributed by atoms with van der Waals surface area (Å²) in [5.41, 5.74) is 0.268. The molecule has 0 atom stereocenters. The predicted molar refractivity (Wildman–Crippen MR) is 214 cm³/mol. The lowest BCUT2D eigenvalue weighted by Gasteiger charge is -2.46. The SMILES string of the molecule is CCCCCCCCCCCCCCSCCOC(=O)CCN(CCCCCCCCOC(=O)CC12CCC(CC1)CC2)CCCn1ccnc1. The van der Waals surface area contributed by atoms with Crippen molar-refractivity contribution in [1.82, 2.24) is 14.5 Å². The molecule has 8 heteroatoms. The van der Waals surface area contributed by atoms with Crippen LogP contribution in [0.4, 0.5) is 0 Å². The molecule has 3 aliphatic rings. The number of carbonyl (C=O) groups is 2. The average molecular weight is 732 g/mol. The average Bonchev–Trinajstić information content (AvgIpc) is 3.67. The second kappa shape index (κ2) is 28.9. The minimum absolute atomic E-state index is 0.0382. The number of thioether (sulfide) groups is 1. The smallest absolute Gasteiger partial charge is 0.307 e. The maximum atomic E-state index is 12.5. The first-order valence-electron chi connectivity index (χ1n) is 21.7. The molecule has 294 valence electrons. The van der Waals surface area contributed by atoms with Gasteiger partial charge in [0.15, 0.2) is 0 Å². The molecule has 7 nitrogen and oxygen atoms in total. The fourth-order valence-corrected chi connectivity index (χ4v) is 9.02. The van der Waals surface area contributed by atoms with Crippen molar-refractivity contribution < 1.29 is 19.1 Å². The molecule has 0 unspecified atom stereocenters. The van der Waals surface area contributed by atoms with Crippen molar-refractivity contribution in [2.24, 2.45) is 11.3 Å². The predicted octanol–water partition coefficient (Wildman–Crippen LogP) is 11.2. The zero-order valence-electron chi connectivity index (χ0n) is 32.9. The van der Waals surface area contributed by atoms with Crippen LogP contribution < -0.4 is 0 Å². The molecule has 1 aromatic rings. The number of hydrogen-bond acceptors (Lipinski definition) is 7. The second-order valence-corrected chi connectivity index (χ2v) is 17.2. The first-order valence-corrected chi connectivity index (χ1v) is 22.8. The van der Waals surface area contributed by atoms with Gasteiger partial charge in [0.1, 0.15) is 6.61 Å². The van der Waals surface area contributed by atoms with E-state index in [1.165, 1.54) is 141 Å². The van der Waals surface area contributed by atoms with E-state index >= 15 is 0 Å². The number of imidazole rings is 1. The molecular weight excluding hydrogens is 655 g/mol. The molecule has 0 aromatic carbocycles. The Morgan fingerprint density at radius 2 is 1.29 bits per heavy atom. The molecule has 51 heavy (non-hydrogen) atoms. The highest BCUT2D eigenvalue weighted by molar-refractivity contribution is 7.99. The van der Waals surface area contributed by atoms with Crippen LogP contribution in [-0.2, 0) is 25.6 Å². The van der Waals surface area contributed by atoms with Crippen LogP contribution in [0.5, 0.6) is 0 Å². The summed E-state index contributed by atoms with van der Waals surface area (Å²) in [6, 6.07) is 0. The van der Waals surface area contributed by atoms with Crippen LogP contribution in [0.25, 0.3) is 0 Å². The van der Waals surface area contributed by atoms with Gasteiger partial charge in [-0.05, 0) is 94.4 Å². The Hall–Kier alpha value is -1.54. The number of fused-ring (bicyclic) bond motifs is 3. The van der Waals surface area contributed by atoms with E-state index in [0.29, 0.717) is 26.1 Å². The number of carbonyl (C=O) groups excluding carboxylic acids is 2. The van der Waals surface area contributed by atoms with E-state index in [1.807, 2.05) is 30.5 Å². The molecule has 2 bridgehead atoms. The van der Waals surface area contributed by atoms with Crippen LogP contribution >= 0.6 is 11.8 Å². The third-order valence-electron chi connectivity index (χ3n) is 11.6. The molecule has 0 amide bonds. The van der Waals surface area contributed by atoms with Gasteiger partial charge in [-0.1, -0.05) is 103 Å². The van der Waals surface area contributed by atoms with Gasteiger partial charge in [0.2, 0.25) is 0 Å². The Morgan fingerprint density at radius 3 is 1.94 bits per heavy atom. The fourth-order valence-electron chi connectivity index (χ4n) is 8.21. The number of unbranched alkanes of at least 4 members (excludes halogenated alkanes) is 16. The summed E-state index contributed by atoms with van der Waals surface area (Å²) in [6.07, 6.45) is 39.0. The van der Waals surface area contributed by atoms with Gasteiger partial charge in [-0.2, -0.15) is 11.8 Å². The summed E-state index contributed by atoms with van der Waals surface area (Å²) in [4.78, 5) is 31.6. The summed E-state index contributed by atoms with van der Waals surface area (Å²) < 4.78 is 13.4. The monoisotopic (exact) mass is 732 g/mol. The van der Waals surface area contributed by atoms with E-state index in [2.05, 4.69) is 21.4 Å². The van der Waals surface area contributed by atoms with Crippen LogP contribution in [0.3, 0.4) is 0 Å². The van der Waals surface area contributed by atoms with E-state index in [1.54, 1.807) is 0 Å². The normalized spacial score (nSPS) is 18.4. The standard InChI is InChI=1S/C43H77N3O4S/c1-2-3-4-5-6-7-8-9-10-13-16-19-36-51-37-35-50-41(47)24-32-45(30-20-31-46-33-28-44-39-46)29-17-14-11-12-15-18-34-49-42(48)38-43-25-21-40(22-26-43)23-27-43/h28,33,39-40H,2-27,29-32,34-38H2,1H3. The maximum absolute atomic E-state index is 12.5. The molecule has 0 N–H and O–H groups in total. The lowest BCUT2D eigenvalue weighted by atomic mass is 9.59. The van der Waals surface area contributed by atoms with Crippen molar-refractivity contribution in [3.63, 3.8) is 0 Å². The van der Waals surface area contributed by atoms with Crippen molar-refractivity contribution in [2.45, 2.75) is 187 Å². The lowest BCUT2D eigenvalue weighted by Crippen LogP contribution is -2.36. The van der Waals surface area contributed by atoms with Gasteiger partial charge in [0.25, 0.3) is 0 Å². The second-order valence-electron chi connectivity index (χ2n) is 16.0. The quantitative estimate of drug-likeness (QED) is 0.0516. The van der Waals surface area contributed by atoms with Gasteiger partial charge in [0, 0.05) is 31.2 Å². The highest BCUT2D eigenvalue weighted by Crippen LogP contribution is 2.52. The Labute approximate surface area is 317 Å². The minimum Gasteiger partial charge on any atom is -0.466 e. The van der Waals surface area contributed by atoms with Crippen molar-refractivity contribution in [2.75, 3.05) is 44.4 Å². The highest BCUT2D eigenvalue weighted by Gasteiger charge is 2.41. The molecule has 4 rings (SSSR count).